The molecule has 1 aliphatic heterocycles. The largest absolute Gasteiger partial charge is 0.481 e. The number of benzene rings is 2. The van der Waals surface area contributed by atoms with Gasteiger partial charge in [0.15, 0.2) is 11.5 Å². The second-order valence-corrected chi connectivity index (χ2v) is 7.04. The third kappa shape index (κ3) is 4.75. The molecule has 1 aliphatic rings. The molecule has 0 amide bonds. The predicted molar refractivity (Wildman–Crippen MR) is 108 cm³/mol. The fraction of sp³-hybridized carbons (Fsp3) is 0.273. The number of aromatic nitrogens is 2. The lowest BCUT2D eigenvalue weighted by Crippen LogP contribution is -2.31. The molecule has 7 heteroatoms. The van der Waals surface area contributed by atoms with Gasteiger partial charge in [-0.15, -0.1) is 0 Å². The van der Waals surface area contributed by atoms with E-state index >= 15 is 0 Å². The summed E-state index contributed by atoms with van der Waals surface area (Å²) in [6.45, 7) is 0.818. The van der Waals surface area contributed by atoms with Gasteiger partial charge in [0.2, 0.25) is 6.79 Å². The molecule has 3 aromatic rings. The first-order valence-electron chi connectivity index (χ1n) is 9.60. The van der Waals surface area contributed by atoms with Crippen LogP contribution in [0.3, 0.4) is 0 Å². The minimum absolute atomic E-state index is 0.0491. The zero-order chi connectivity index (χ0) is 20.1. The van der Waals surface area contributed by atoms with Gasteiger partial charge in [0.25, 0.3) is 0 Å². The van der Waals surface area contributed by atoms with Crippen molar-refractivity contribution in [3.05, 3.63) is 65.9 Å². The first-order valence-corrected chi connectivity index (χ1v) is 9.60. The summed E-state index contributed by atoms with van der Waals surface area (Å²) >= 11 is 0. The number of carboxylic acids is 1. The standard InChI is InChI=1S/C22H23N3O4/c26-21(27)9-7-18(10-15-4-2-1-3-5-15)23-12-17-13-24-25-22(17)16-6-8-19-20(11-16)29-14-28-19/h1-6,8,11,13,18,23H,7,9-10,12,14H2,(H,24,25)(H,26,27). The van der Waals surface area contributed by atoms with Crippen LogP contribution in [-0.4, -0.2) is 34.1 Å². The van der Waals surface area contributed by atoms with Crippen molar-refractivity contribution in [3.63, 3.8) is 0 Å². The summed E-state index contributed by atoms with van der Waals surface area (Å²) in [6, 6.07) is 15.9. The molecule has 2 aromatic carbocycles. The van der Waals surface area contributed by atoms with E-state index in [1.807, 2.05) is 36.4 Å². The van der Waals surface area contributed by atoms with Gasteiger partial charge in [0, 0.05) is 30.1 Å². The van der Waals surface area contributed by atoms with Gasteiger partial charge in [0.05, 0.1) is 11.9 Å². The Hall–Kier alpha value is -3.32. The van der Waals surface area contributed by atoms with E-state index < -0.39 is 5.97 Å². The monoisotopic (exact) mass is 393 g/mol. The molecule has 0 saturated heterocycles. The number of nitrogens with one attached hydrogen (secondary N) is 2. The van der Waals surface area contributed by atoms with Gasteiger partial charge >= 0.3 is 5.97 Å². The van der Waals surface area contributed by atoms with Crippen LogP contribution in [0.1, 0.15) is 24.0 Å². The molecule has 0 spiro atoms. The fourth-order valence-electron chi connectivity index (χ4n) is 3.47. The van der Waals surface area contributed by atoms with E-state index in [2.05, 4.69) is 27.6 Å². The number of hydrogen-bond acceptors (Lipinski definition) is 5. The third-order valence-electron chi connectivity index (χ3n) is 4.99. The van der Waals surface area contributed by atoms with Crippen molar-refractivity contribution in [3.8, 4) is 22.8 Å². The molecular formula is C22H23N3O4. The summed E-state index contributed by atoms with van der Waals surface area (Å²) in [5.74, 6) is 0.679. The Balaban J connectivity index is 1.46. The van der Waals surface area contributed by atoms with E-state index in [-0.39, 0.29) is 19.3 Å². The lowest BCUT2D eigenvalue weighted by Gasteiger charge is -2.18. The number of hydrogen-bond donors (Lipinski definition) is 3. The molecule has 29 heavy (non-hydrogen) atoms. The maximum absolute atomic E-state index is 11.1. The molecule has 1 unspecified atom stereocenters. The number of carbonyl (C=O) groups is 1. The van der Waals surface area contributed by atoms with Crippen LogP contribution in [0.4, 0.5) is 0 Å². The molecule has 0 bridgehead atoms. The Morgan fingerprint density at radius 2 is 2.00 bits per heavy atom. The number of fused-ring (bicyclic) bond motifs is 1. The quantitative estimate of drug-likeness (QED) is 0.516. The van der Waals surface area contributed by atoms with Gasteiger partial charge in [-0.2, -0.15) is 5.10 Å². The number of nitrogens with zero attached hydrogens (tertiary/aromatic N) is 1. The minimum Gasteiger partial charge on any atom is -0.481 e. The lowest BCUT2D eigenvalue weighted by molar-refractivity contribution is -0.137. The molecule has 1 aromatic heterocycles. The third-order valence-corrected chi connectivity index (χ3v) is 4.99. The highest BCUT2D eigenvalue weighted by molar-refractivity contribution is 5.67. The number of H-pyrrole nitrogens is 1. The normalized spacial score (nSPS) is 13.4. The predicted octanol–water partition coefficient (Wildman–Crippen LogP) is 3.37. The van der Waals surface area contributed by atoms with Crippen LogP contribution in [0, 0.1) is 0 Å². The molecule has 4 rings (SSSR count). The molecule has 0 aliphatic carbocycles. The maximum atomic E-state index is 11.1. The van der Waals surface area contributed by atoms with Gasteiger partial charge in [-0.05, 0) is 36.6 Å². The van der Waals surface area contributed by atoms with Gasteiger partial charge in [-0.1, -0.05) is 30.3 Å². The van der Waals surface area contributed by atoms with Crippen molar-refractivity contribution >= 4 is 5.97 Å². The smallest absolute Gasteiger partial charge is 0.303 e. The van der Waals surface area contributed by atoms with Crippen molar-refractivity contribution in [1.82, 2.24) is 15.5 Å². The summed E-state index contributed by atoms with van der Waals surface area (Å²) in [6.07, 6.45) is 3.25. The molecule has 0 radical (unpaired) electrons. The van der Waals surface area contributed by atoms with Crippen LogP contribution in [0.5, 0.6) is 11.5 Å². The maximum Gasteiger partial charge on any atom is 0.303 e. The fourth-order valence-corrected chi connectivity index (χ4v) is 3.47. The van der Waals surface area contributed by atoms with E-state index in [9.17, 15) is 4.79 Å². The first-order chi connectivity index (χ1) is 14.2. The van der Waals surface area contributed by atoms with E-state index in [0.717, 1.165) is 34.7 Å². The lowest BCUT2D eigenvalue weighted by atomic mass is 10.0. The van der Waals surface area contributed by atoms with E-state index in [1.165, 1.54) is 5.56 Å². The molecule has 1 atom stereocenters. The Labute approximate surface area is 168 Å². The van der Waals surface area contributed by atoms with E-state index in [1.54, 1.807) is 6.20 Å². The average Bonchev–Trinajstić information content (AvgIpc) is 3.39. The highest BCUT2D eigenvalue weighted by atomic mass is 16.7. The number of aromatic amines is 1. The van der Waals surface area contributed by atoms with Gasteiger partial charge in [-0.25, -0.2) is 0 Å². The van der Waals surface area contributed by atoms with Crippen molar-refractivity contribution < 1.29 is 19.4 Å². The van der Waals surface area contributed by atoms with Crippen molar-refractivity contribution in [2.24, 2.45) is 0 Å². The Bertz CT molecular complexity index is 971. The topological polar surface area (TPSA) is 96.5 Å². The molecule has 150 valence electrons. The average molecular weight is 393 g/mol. The van der Waals surface area contributed by atoms with Gasteiger partial charge < -0.3 is 19.9 Å². The zero-order valence-corrected chi connectivity index (χ0v) is 15.9. The van der Waals surface area contributed by atoms with E-state index in [0.29, 0.717) is 13.0 Å². The van der Waals surface area contributed by atoms with Gasteiger partial charge in [-0.3, -0.25) is 9.89 Å². The SMILES string of the molecule is O=C(O)CCC(Cc1ccccc1)NCc1cn[nH]c1-c1ccc2c(c1)OCO2. The van der Waals surface area contributed by atoms with Crippen LogP contribution in [0.15, 0.2) is 54.7 Å². The van der Waals surface area contributed by atoms with Crippen molar-refractivity contribution in [2.45, 2.75) is 31.8 Å². The summed E-state index contributed by atoms with van der Waals surface area (Å²) < 4.78 is 10.8. The summed E-state index contributed by atoms with van der Waals surface area (Å²) in [7, 11) is 0. The summed E-state index contributed by atoms with van der Waals surface area (Å²) in [5.41, 5.74) is 4.07. The second kappa shape index (κ2) is 8.79. The zero-order valence-electron chi connectivity index (χ0n) is 15.9. The summed E-state index contributed by atoms with van der Waals surface area (Å²) in [5, 5.41) is 19.8. The van der Waals surface area contributed by atoms with Crippen molar-refractivity contribution in [2.75, 3.05) is 6.79 Å². The number of rotatable bonds is 9. The molecule has 3 N–H and O–H groups in total. The first kappa shape index (κ1) is 19.0. The van der Waals surface area contributed by atoms with E-state index in [4.69, 9.17) is 14.6 Å². The number of aliphatic carboxylic acids is 1. The minimum atomic E-state index is -0.783. The van der Waals surface area contributed by atoms with Crippen LogP contribution in [-0.2, 0) is 17.8 Å². The second-order valence-electron chi connectivity index (χ2n) is 7.04. The van der Waals surface area contributed by atoms with Gasteiger partial charge in [0.1, 0.15) is 0 Å². The summed E-state index contributed by atoms with van der Waals surface area (Å²) in [4.78, 5) is 11.1. The van der Waals surface area contributed by atoms with Crippen LogP contribution in [0.25, 0.3) is 11.3 Å². The van der Waals surface area contributed by atoms with Crippen molar-refractivity contribution in [1.29, 1.82) is 0 Å². The Morgan fingerprint density at radius 3 is 2.83 bits per heavy atom. The highest BCUT2D eigenvalue weighted by Crippen LogP contribution is 2.36. The Morgan fingerprint density at radius 1 is 1.17 bits per heavy atom. The number of ether oxygens (including phenoxy) is 2. The molecule has 0 saturated carbocycles. The highest BCUT2D eigenvalue weighted by Gasteiger charge is 2.17. The van der Waals surface area contributed by atoms with Crippen LogP contribution in [0.2, 0.25) is 0 Å². The molecule has 7 nitrogen and oxygen atoms in total. The Kier molecular flexibility index (Phi) is 5.76. The van der Waals surface area contributed by atoms with Crippen LogP contribution < -0.4 is 14.8 Å². The molecule has 0 fully saturated rings. The molecular weight excluding hydrogens is 370 g/mol. The van der Waals surface area contributed by atoms with Crippen LogP contribution >= 0.6 is 0 Å². The molecule has 2 heterocycles. The number of carboxylic acid groups (broad SMARTS) is 1.